The van der Waals surface area contributed by atoms with E-state index in [0.717, 1.165) is 16.9 Å². The van der Waals surface area contributed by atoms with Crippen molar-refractivity contribution in [3.63, 3.8) is 0 Å². The van der Waals surface area contributed by atoms with Crippen molar-refractivity contribution in [2.45, 2.75) is 45.1 Å². The Hall–Kier alpha value is -3.15. The highest BCUT2D eigenvalue weighted by atomic mass is 16.5. The zero-order valence-electron chi connectivity index (χ0n) is 15.9. The molecule has 2 aromatic carbocycles. The number of nitrogens with one attached hydrogen (secondary N) is 2. The highest BCUT2D eigenvalue weighted by molar-refractivity contribution is 6.04. The predicted octanol–water partition coefficient (Wildman–Crippen LogP) is 5.04. The van der Waals surface area contributed by atoms with Crippen LogP contribution < -0.4 is 10.6 Å². The molecule has 6 heteroatoms. The maximum absolute atomic E-state index is 12.5. The van der Waals surface area contributed by atoms with Gasteiger partial charge in [0, 0.05) is 28.5 Å². The van der Waals surface area contributed by atoms with Gasteiger partial charge >= 0.3 is 0 Å². The van der Waals surface area contributed by atoms with E-state index in [1.165, 1.54) is 32.1 Å². The molecule has 144 valence electrons. The number of aryl methyl sites for hydroxylation is 1. The molecule has 2 N–H and O–H groups in total. The monoisotopic (exact) mass is 376 g/mol. The molecule has 0 bridgehead atoms. The molecule has 0 atom stereocenters. The van der Waals surface area contributed by atoms with Crippen LogP contribution in [-0.4, -0.2) is 22.1 Å². The van der Waals surface area contributed by atoms with Gasteiger partial charge in [-0.1, -0.05) is 24.4 Å². The van der Waals surface area contributed by atoms with E-state index in [1.54, 1.807) is 31.2 Å². The Morgan fingerprint density at radius 1 is 0.964 bits per heavy atom. The lowest BCUT2D eigenvalue weighted by molar-refractivity contribution is 0.102. The van der Waals surface area contributed by atoms with E-state index in [-0.39, 0.29) is 5.91 Å². The molecule has 1 heterocycles. The van der Waals surface area contributed by atoms with Gasteiger partial charge in [0.05, 0.1) is 0 Å². The summed E-state index contributed by atoms with van der Waals surface area (Å²) in [5.74, 6) is 0.880. The molecule has 6 nitrogen and oxygen atoms in total. The van der Waals surface area contributed by atoms with E-state index in [9.17, 15) is 4.79 Å². The van der Waals surface area contributed by atoms with Crippen molar-refractivity contribution in [3.05, 3.63) is 59.9 Å². The first kappa shape index (κ1) is 18.2. The Bertz CT molecular complexity index is 926. The minimum Gasteiger partial charge on any atom is -0.382 e. The standard InChI is InChI=1S/C22H24N4O2/c1-15-23-22(28-26-15)17-9-7-16(8-10-17)21(27)25-20-13-11-19(12-14-20)24-18-5-3-2-4-6-18/h7-14,18,24H,2-6H2,1H3,(H,25,27). The Balaban J connectivity index is 1.36. The molecule has 0 unspecified atom stereocenters. The summed E-state index contributed by atoms with van der Waals surface area (Å²) in [5, 5.41) is 10.3. The zero-order chi connectivity index (χ0) is 19.3. The summed E-state index contributed by atoms with van der Waals surface area (Å²) in [6.45, 7) is 1.77. The molecule has 1 saturated carbocycles. The third kappa shape index (κ3) is 4.39. The number of aromatic nitrogens is 2. The van der Waals surface area contributed by atoms with Crippen LogP contribution in [0.15, 0.2) is 53.1 Å². The smallest absolute Gasteiger partial charge is 0.257 e. The van der Waals surface area contributed by atoms with E-state index in [4.69, 9.17) is 4.52 Å². The van der Waals surface area contributed by atoms with Crippen LogP contribution in [0.1, 0.15) is 48.3 Å². The summed E-state index contributed by atoms with van der Waals surface area (Å²) in [5.41, 5.74) is 3.24. The molecule has 1 fully saturated rings. The second kappa shape index (κ2) is 8.25. The number of rotatable bonds is 5. The topological polar surface area (TPSA) is 80.0 Å². The molecule has 0 radical (unpaired) electrons. The van der Waals surface area contributed by atoms with Crippen molar-refractivity contribution in [3.8, 4) is 11.5 Å². The zero-order valence-corrected chi connectivity index (χ0v) is 15.9. The Labute approximate surface area is 164 Å². The van der Waals surface area contributed by atoms with Crippen LogP contribution in [0.4, 0.5) is 11.4 Å². The van der Waals surface area contributed by atoms with Crippen LogP contribution in [0.5, 0.6) is 0 Å². The minimum atomic E-state index is -0.152. The van der Waals surface area contributed by atoms with Gasteiger partial charge in [-0.25, -0.2) is 0 Å². The second-order valence-electron chi connectivity index (χ2n) is 7.23. The summed E-state index contributed by atoms with van der Waals surface area (Å²) in [6.07, 6.45) is 6.42. The minimum absolute atomic E-state index is 0.152. The number of benzene rings is 2. The molecule has 1 aliphatic rings. The fourth-order valence-electron chi connectivity index (χ4n) is 3.51. The summed E-state index contributed by atoms with van der Waals surface area (Å²) < 4.78 is 5.14. The van der Waals surface area contributed by atoms with Gasteiger partial charge < -0.3 is 15.2 Å². The van der Waals surface area contributed by atoms with Crippen molar-refractivity contribution >= 4 is 17.3 Å². The van der Waals surface area contributed by atoms with E-state index < -0.39 is 0 Å². The van der Waals surface area contributed by atoms with Crippen molar-refractivity contribution in [2.24, 2.45) is 0 Å². The van der Waals surface area contributed by atoms with E-state index in [1.807, 2.05) is 24.3 Å². The van der Waals surface area contributed by atoms with Crippen LogP contribution in [-0.2, 0) is 0 Å². The summed E-state index contributed by atoms with van der Waals surface area (Å²) in [4.78, 5) is 16.7. The SMILES string of the molecule is Cc1noc(-c2ccc(C(=O)Nc3ccc(NC4CCCCC4)cc3)cc2)n1. The van der Waals surface area contributed by atoms with Crippen LogP contribution in [0, 0.1) is 6.92 Å². The van der Waals surface area contributed by atoms with E-state index >= 15 is 0 Å². The van der Waals surface area contributed by atoms with Crippen molar-refractivity contribution in [1.29, 1.82) is 0 Å². The number of carbonyl (C=O) groups excluding carboxylic acids is 1. The average Bonchev–Trinajstić information content (AvgIpc) is 3.17. The number of amides is 1. The fraction of sp³-hybridized carbons (Fsp3) is 0.318. The number of nitrogens with zero attached hydrogens (tertiary/aromatic N) is 2. The highest BCUT2D eigenvalue weighted by Crippen LogP contribution is 2.23. The van der Waals surface area contributed by atoms with Gasteiger partial charge in [0.25, 0.3) is 11.8 Å². The van der Waals surface area contributed by atoms with E-state index in [2.05, 4.69) is 20.8 Å². The summed E-state index contributed by atoms with van der Waals surface area (Å²) in [7, 11) is 0. The molecular formula is C22H24N4O2. The first-order valence-electron chi connectivity index (χ1n) is 9.76. The third-order valence-electron chi connectivity index (χ3n) is 5.04. The quantitative estimate of drug-likeness (QED) is 0.652. The Morgan fingerprint density at radius 2 is 1.64 bits per heavy atom. The van der Waals surface area contributed by atoms with Gasteiger partial charge in [-0.15, -0.1) is 0 Å². The normalized spacial score (nSPS) is 14.6. The first-order valence-corrected chi connectivity index (χ1v) is 9.76. The predicted molar refractivity (Wildman–Crippen MR) is 109 cm³/mol. The molecule has 1 amide bonds. The number of hydrogen-bond donors (Lipinski definition) is 2. The largest absolute Gasteiger partial charge is 0.382 e. The maximum Gasteiger partial charge on any atom is 0.257 e. The first-order chi connectivity index (χ1) is 13.7. The molecule has 4 rings (SSSR count). The molecule has 28 heavy (non-hydrogen) atoms. The molecule has 0 aliphatic heterocycles. The van der Waals surface area contributed by atoms with Gasteiger partial charge in [-0.05, 0) is 68.3 Å². The molecular weight excluding hydrogens is 352 g/mol. The molecule has 3 aromatic rings. The maximum atomic E-state index is 12.5. The summed E-state index contributed by atoms with van der Waals surface area (Å²) in [6, 6.07) is 15.6. The number of carbonyl (C=O) groups is 1. The van der Waals surface area contributed by atoms with Gasteiger partial charge in [-0.2, -0.15) is 4.98 Å². The van der Waals surface area contributed by atoms with Crippen molar-refractivity contribution in [2.75, 3.05) is 10.6 Å². The molecule has 1 aliphatic carbocycles. The lowest BCUT2D eigenvalue weighted by Gasteiger charge is -2.23. The lowest BCUT2D eigenvalue weighted by Crippen LogP contribution is -2.22. The highest BCUT2D eigenvalue weighted by Gasteiger charge is 2.13. The average molecular weight is 376 g/mol. The van der Waals surface area contributed by atoms with Gasteiger partial charge in [0.15, 0.2) is 5.82 Å². The second-order valence-corrected chi connectivity index (χ2v) is 7.23. The van der Waals surface area contributed by atoms with Crippen LogP contribution in [0.2, 0.25) is 0 Å². The fourth-order valence-corrected chi connectivity index (χ4v) is 3.51. The van der Waals surface area contributed by atoms with Crippen LogP contribution in [0.3, 0.4) is 0 Å². The van der Waals surface area contributed by atoms with Crippen LogP contribution in [0.25, 0.3) is 11.5 Å². The lowest BCUT2D eigenvalue weighted by atomic mass is 9.95. The van der Waals surface area contributed by atoms with Gasteiger partial charge in [-0.3, -0.25) is 4.79 Å². The van der Waals surface area contributed by atoms with Crippen molar-refractivity contribution in [1.82, 2.24) is 10.1 Å². The molecule has 1 aromatic heterocycles. The van der Waals surface area contributed by atoms with Gasteiger partial charge in [0.1, 0.15) is 0 Å². The Kier molecular flexibility index (Phi) is 5.37. The van der Waals surface area contributed by atoms with E-state index in [0.29, 0.717) is 23.3 Å². The van der Waals surface area contributed by atoms with Crippen molar-refractivity contribution < 1.29 is 9.32 Å². The molecule has 0 saturated heterocycles. The summed E-state index contributed by atoms with van der Waals surface area (Å²) >= 11 is 0. The number of hydrogen-bond acceptors (Lipinski definition) is 5. The number of anilines is 2. The third-order valence-corrected chi connectivity index (χ3v) is 5.04. The van der Waals surface area contributed by atoms with Gasteiger partial charge in [0.2, 0.25) is 0 Å². The van der Waals surface area contributed by atoms with Crippen LogP contribution >= 0.6 is 0 Å². The Morgan fingerprint density at radius 3 is 2.29 bits per heavy atom. The molecule has 0 spiro atoms.